The quantitative estimate of drug-likeness (QED) is 0.787. The Morgan fingerprint density at radius 2 is 1.95 bits per heavy atom. The predicted molar refractivity (Wildman–Crippen MR) is 80.0 cm³/mol. The van der Waals surface area contributed by atoms with Gasteiger partial charge in [0.1, 0.15) is 19.0 Å². The van der Waals surface area contributed by atoms with Crippen molar-refractivity contribution in [2.45, 2.75) is 13.5 Å². The maximum absolute atomic E-state index is 12.0. The number of aliphatic hydroxyl groups excluding tert-OH is 1. The first-order valence-corrected chi connectivity index (χ1v) is 6.83. The molecule has 0 atom stereocenters. The Morgan fingerprint density at radius 1 is 1.14 bits per heavy atom. The van der Waals surface area contributed by atoms with Crippen molar-refractivity contribution in [1.82, 2.24) is 4.57 Å². The normalized spacial score (nSPS) is 10.4. The number of hydrogen-bond donors (Lipinski definition) is 1. The minimum atomic E-state index is -0.248. The summed E-state index contributed by atoms with van der Waals surface area (Å²) in [7, 11) is 0. The zero-order chi connectivity index (χ0) is 15.1. The lowest BCUT2D eigenvalue weighted by Crippen LogP contribution is -2.23. The SMILES string of the molecule is Cc1cccc(OCCOc2cccn(CCO)c2=O)c1. The molecule has 2 rings (SSSR count). The zero-order valence-corrected chi connectivity index (χ0v) is 12.0. The largest absolute Gasteiger partial charge is 0.490 e. The molecule has 0 aliphatic heterocycles. The maximum atomic E-state index is 12.0. The zero-order valence-electron chi connectivity index (χ0n) is 12.0. The van der Waals surface area contributed by atoms with E-state index in [-0.39, 0.29) is 31.1 Å². The fraction of sp³-hybridized carbons (Fsp3) is 0.312. The second kappa shape index (κ2) is 7.50. The molecule has 0 aliphatic carbocycles. The van der Waals surface area contributed by atoms with Gasteiger partial charge in [-0.05, 0) is 36.8 Å². The van der Waals surface area contributed by atoms with E-state index >= 15 is 0 Å². The molecule has 5 nitrogen and oxygen atoms in total. The molecule has 1 aromatic heterocycles. The molecule has 0 fully saturated rings. The molecule has 21 heavy (non-hydrogen) atoms. The average molecular weight is 289 g/mol. The molecule has 0 bridgehead atoms. The van der Waals surface area contributed by atoms with Crippen molar-refractivity contribution in [2.24, 2.45) is 0 Å². The monoisotopic (exact) mass is 289 g/mol. The molecule has 112 valence electrons. The second-order valence-electron chi connectivity index (χ2n) is 4.61. The van der Waals surface area contributed by atoms with Crippen LogP contribution in [0.15, 0.2) is 47.4 Å². The average Bonchev–Trinajstić information content (AvgIpc) is 2.47. The van der Waals surface area contributed by atoms with E-state index < -0.39 is 0 Å². The molecule has 1 heterocycles. The van der Waals surface area contributed by atoms with Gasteiger partial charge in [-0.15, -0.1) is 0 Å². The van der Waals surface area contributed by atoms with Crippen LogP contribution in [-0.2, 0) is 6.54 Å². The molecule has 0 saturated heterocycles. The highest BCUT2D eigenvalue weighted by molar-refractivity contribution is 5.27. The van der Waals surface area contributed by atoms with Crippen molar-refractivity contribution < 1.29 is 14.6 Å². The van der Waals surface area contributed by atoms with Crippen molar-refractivity contribution in [3.05, 3.63) is 58.5 Å². The van der Waals surface area contributed by atoms with Crippen LogP contribution in [0, 0.1) is 6.92 Å². The standard InChI is InChI=1S/C16H19NO4/c1-13-4-2-5-14(12-13)20-10-11-21-15-6-3-7-17(8-9-18)16(15)19/h2-7,12,18H,8-11H2,1H3. The van der Waals surface area contributed by atoms with Crippen molar-refractivity contribution in [3.8, 4) is 11.5 Å². The summed E-state index contributed by atoms with van der Waals surface area (Å²) in [5.41, 5.74) is 0.880. The molecular weight excluding hydrogens is 270 g/mol. The molecule has 1 N–H and O–H groups in total. The Bertz CT molecular complexity index is 636. The van der Waals surface area contributed by atoms with Gasteiger partial charge in [-0.1, -0.05) is 12.1 Å². The van der Waals surface area contributed by atoms with Crippen LogP contribution in [-0.4, -0.2) is 29.5 Å². The number of aryl methyl sites for hydroxylation is 1. The van der Waals surface area contributed by atoms with E-state index in [1.54, 1.807) is 18.3 Å². The van der Waals surface area contributed by atoms with E-state index in [1.807, 2.05) is 31.2 Å². The van der Waals surface area contributed by atoms with Crippen LogP contribution in [0.25, 0.3) is 0 Å². The Hall–Kier alpha value is -2.27. The van der Waals surface area contributed by atoms with E-state index in [1.165, 1.54) is 4.57 Å². The summed E-state index contributed by atoms with van der Waals surface area (Å²) in [4.78, 5) is 12.0. The second-order valence-corrected chi connectivity index (χ2v) is 4.61. The molecule has 0 aliphatic rings. The highest BCUT2D eigenvalue weighted by atomic mass is 16.5. The number of aromatic nitrogens is 1. The van der Waals surface area contributed by atoms with Gasteiger partial charge in [0, 0.05) is 12.7 Å². The highest BCUT2D eigenvalue weighted by Gasteiger charge is 2.04. The van der Waals surface area contributed by atoms with Gasteiger partial charge in [0.05, 0.1) is 6.61 Å². The molecule has 1 aromatic carbocycles. The summed E-state index contributed by atoms with van der Waals surface area (Å²) in [6, 6.07) is 11.1. The summed E-state index contributed by atoms with van der Waals surface area (Å²) < 4.78 is 12.4. The van der Waals surface area contributed by atoms with Crippen molar-refractivity contribution >= 4 is 0 Å². The molecule has 0 amide bonds. The highest BCUT2D eigenvalue weighted by Crippen LogP contribution is 2.12. The summed E-state index contributed by atoms with van der Waals surface area (Å²) in [6.45, 7) is 2.82. The number of hydrogen-bond acceptors (Lipinski definition) is 4. The van der Waals surface area contributed by atoms with E-state index in [2.05, 4.69) is 0 Å². The number of aliphatic hydroxyl groups is 1. The first-order chi connectivity index (χ1) is 10.2. The van der Waals surface area contributed by atoms with Crippen molar-refractivity contribution in [1.29, 1.82) is 0 Å². The third-order valence-corrected chi connectivity index (χ3v) is 2.93. The maximum Gasteiger partial charge on any atom is 0.292 e. The Kier molecular flexibility index (Phi) is 5.40. The van der Waals surface area contributed by atoms with Gasteiger partial charge in [0.15, 0.2) is 5.75 Å². The van der Waals surface area contributed by atoms with Gasteiger partial charge in [0.2, 0.25) is 0 Å². The van der Waals surface area contributed by atoms with Crippen LogP contribution in [0.3, 0.4) is 0 Å². The lowest BCUT2D eigenvalue weighted by molar-refractivity contribution is 0.213. The van der Waals surface area contributed by atoms with Crippen LogP contribution >= 0.6 is 0 Å². The smallest absolute Gasteiger partial charge is 0.292 e. The molecule has 2 aromatic rings. The van der Waals surface area contributed by atoms with Gasteiger partial charge < -0.3 is 19.1 Å². The minimum Gasteiger partial charge on any atom is -0.490 e. The molecule has 0 radical (unpaired) electrons. The summed E-state index contributed by atoms with van der Waals surface area (Å²) >= 11 is 0. The van der Waals surface area contributed by atoms with Crippen LogP contribution in [0.2, 0.25) is 0 Å². The van der Waals surface area contributed by atoms with Gasteiger partial charge in [-0.25, -0.2) is 0 Å². The van der Waals surface area contributed by atoms with Gasteiger partial charge in [0.25, 0.3) is 5.56 Å². The number of nitrogens with zero attached hydrogens (tertiary/aromatic N) is 1. The lowest BCUT2D eigenvalue weighted by Gasteiger charge is -2.10. The number of pyridine rings is 1. The van der Waals surface area contributed by atoms with Crippen molar-refractivity contribution in [2.75, 3.05) is 19.8 Å². The van der Waals surface area contributed by atoms with E-state index in [0.717, 1.165) is 11.3 Å². The first-order valence-electron chi connectivity index (χ1n) is 6.83. The van der Waals surface area contributed by atoms with Gasteiger partial charge in [-0.3, -0.25) is 4.79 Å². The Balaban J connectivity index is 1.86. The first kappa shape index (κ1) is 15.1. The molecular formula is C16H19NO4. The predicted octanol–water partition coefficient (Wildman–Crippen LogP) is 1.61. The Labute approximate surface area is 123 Å². The minimum absolute atomic E-state index is 0.0835. The lowest BCUT2D eigenvalue weighted by atomic mass is 10.2. The molecule has 0 saturated carbocycles. The van der Waals surface area contributed by atoms with Crippen LogP contribution in [0.1, 0.15) is 5.56 Å². The van der Waals surface area contributed by atoms with E-state index in [0.29, 0.717) is 6.61 Å². The number of rotatable bonds is 7. The fourth-order valence-corrected chi connectivity index (χ4v) is 1.92. The molecule has 5 heteroatoms. The molecule has 0 unspecified atom stereocenters. The number of ether oxygens (including phenoxy) is 2. The van der Waals surface area contributed by atoms with Crippen LogP contribution in [0.5, 0.6) is 11.5 Å². The van der Waals surface area contributed by atoms with E-state index in [4.69, 9.17) is 14.6 Å². The summed E-state index contributed by atoms with van der Waals surface area (Å²) in [5.74, 6) is 1.04. The molecule has 0 spiro atoms. The van der Waals surface area contributed by atoms with Crippen molar-refractivity contribution in [3.63, 3.8) is 0 Å². The third-order valence-electron chi connectivity index (χ3n) is 2.93. The topological polar surface area (TPSA) is 60.7 Å². The van der Waals surface area contributed by atoms with Crippen LogP contribution < -0.4 is 15.0 Å². The van der Waals surface area contributed by atoms with E-state index in [9.17, 15) is 4.79 Å². The fourth-order valence-electron chi connectivity index (χ4n) is 1.92. The summed E-state index contributed by atoms with van der Waals surface area (Å²) in [5, 5.41) is 8.88. The summed E-state index contributed by atoms with van der Waals surface area (Å²) in [6.07, 6.45) is 1.62. The third kappa shape index (κ3) is 4.36. The van der Waals surface area contributed by atoms with Crippen LogP contribution in [0.4, 0.5) is 0 Å². The van der Waals surface area contributed by atoms with Gasteiger partial charge >= 0.3 is 0 Å². The number of benzene rings is 1. The van der Waals surface area contributed by atoms with Gasteiger partial charge in [-0.2, -0.15) is 0 Å². The Morgan fingerprint density at radius 3 is 2.71 bits per heavy atom.